The molecule has 21 heavy (non-hydrogen) atoms. The predicted octanol–water partition coefficient (Wildman–Crippen LogP) is 2.22. The number of nitrogens with two attached hydrogens (primary N) is 1. The number of fused-ring (bicyclic) bond motifs is 1. The molecule has 1 saturated heterocycles. The predicted molar refractivity (Wildman–Crippen MR) is 88.6 cm³/mol. The normalized spacial score (nSPS) is 17.3. The zero-order valence-corrected chi connectivity index (χ0v) is 12.9. The standard InChI is InChI=1S/C17H24N4/c1-20-9-7-14(8-10-20)21(2)17-11-13(12-18)15-5-3-4-6-16(15)19-17/h3-6,11,14H,7-10,12,18H2,1-2H3. The molecule has 0 radical (unpaired) electrons. The Kier molecular flexibility index (Phi) is 4.08. The zero-order chi connectivity index (χ0) is 14.8. The second-order valence-corrected chi connectivity index (χ2v) is 6.01. The molecule has 1 aromatic carbocycles. The van der Waals surface area contributed by atoms with Crippen LogP contribution in [0.15, 0.2) is 30.3 Å². The number of hydrogen-bond donors (Lipinski definition) is 1. The van der Waals surface area contributed by atoms with Gasteiger partial charge in [-0.25, -0.2) is 4.98 Å². The molecule has 3 rings (SSSR count). The second-order valence-electron chi connectivity index (χ2n) is 6.01. The topological polar surface area (TPSA) is 45.4 Å². The van der Waals surface area contributed by atoms with E-state index in [1.807, 2.05) is 12.1 Å². The second kappa shape index (κ2) is 6.00. The summed E-state index contributed by atoms with van der Waals surface area (Å²) in [4.78, 5) is 9.56. The van der Waals surface area contributed by atoms with Crippen molar-refractivity contribution in [1.82, 2.24) is 9.88 Å². The van der Waals surface area contributed by atoms with Gasteiger partial charge in [0.15, 0.2) is 0 Å². The molecule has 112 valence electrons. The smallest absolute Gasteiger partial charge is 0.129 e. The molecule has 2 N–H and O–H groups in total. The van der Waals surface area contributed by atoms with Crippen molar-refractivity contribution in [1.29, 1.82) is 0 Å². The molecule has 0 unspecified atom stereocenters. The summed E-state index contributed by atoms with van der Waals surface area (Å²) in [5.74, 6) is 1.05. The first-order chi connectivity index (χ1) is 10.2. The largest absolute Gasteiger partial charge is 0.357 e. The van der Waals surface area contributed by atoms with E-state index in [0.29, 0.717) is 12.6 Å². The molecule has 1 aliphatic rings. The van der Waals surface area contributed by atoms with Gasteiger partial charge in [0.1, 0.15) is 5.82 Å². The molecule has 0 aliphatic carbocycles. The van der Waals surface area contributed by atoms with Crippen LogP contribution >= 0.6 is 0 Å². The lowest BCUT2D eigenvalue weighted by Crippen LogP contribution is -2.42. The van der Waals surface area contributed by atoms with Gasteiger partial charge in [0, 0.05) is 25.0 Å². The van der Waals surface area contributed by atoms with Crippen LogP contribution in [0.4, 0.5) is 5.82 Å². The highest BCUT2D eigenvalue weighted by atomic mass is 15.2. The van der Waals surface area contributed by atoms with E-state index < -0.39 is 0 Å². The zero-order valence-electron chi connectivity index (χ0n) is 12.9. The summed E-state index contributed by atoms with van der Waals surface area (Å²) in [5.41, 5.74) is 8.14. The van der Waals surface area contributed by atoms with E-state index in [1.54, 1.807) is 0 Å². The highest BCUT2D eigenvalue weighted by Gasteiger charge is 2.22. The Hall–Kier alpha value is -1.65. The molecule has 1 aromatic heterocycles. The van der Waals surface area contributed by atoms with E-state index in [2.05, 4.69) is 42.1 Å². The lowest BCUT2D eigenvalue weighted by molar-refractivity contribution is 0.252. The van der Waals surface area contributed by atoms with E-state index in [0.717, 1.165) is 24.4 Å². The number of anilines is 1. The number of aromatic nitrogens is 1. The number of nitrogens with zero attached hydrogens (tertiary/aromatic N) is 3. The molecule has 2 aromatic rings. The first-order valence-electron chi connectivity index (χ1n) is 7.69. The molecule has 2 heterocycles. The molecule has 4 nitrogen and oxygen atoms in total. The fourth-order valence-corrected chi connectivity index (χ4v) is 3.15. The van der Waals surface area contributed by atoms with E-state index >= 15 is 0 Å². The van der Waals surface area contributed by atoms with Crippen LogP contribution in [0.3, 0.4) is 0 Å². The van der Waals surface area contributed by atoms with Gasteiger partial charge in [-0.3, -0.25) is 0 Å². The van der Waals surface area contributed by atoms with Gasteiger partial charge < -0.3 is 15.5 Å². The van der Waals surface area contributed by atoms with Crippen LogP contribution in [-0.4, -0.2) is 43.1 Å². The number of benzene rings is 1. The Morgan fingerprint density at radius 1 is 1.29 bits per heavy atom. The van der Waals surface area contributed by atoms with Crippen molar-refractivity contribution < 1.29 is 0 Å². The number of rotatable bonds is 3. The third kappa shape index (κ3) is 2.87. The summed E-state index contributed by atoms with van der Waals surface area (Å²) >= 11 is 0. The van der Waals surface area contributed by atoms with Gasteiger partial charge in [0.2, 0.25) is 0 Å². The molecule has 4 heteroatoms. The molecular weight excluding hydrogens is 260 g/mol. The summed E-state index contributed by atoms with van der Waals surface area (Å²) in [6.07, 6.45) is 2.39. The van der Waals surface area contributed by atoms with E-state index in [1.165, 1.54) is 23.8 Å². The van der Waals surface area contributed by atoms with Crippen molar-refractivity contribution in [2.24, 2.45) is 5.73 Å². The van der Waals surface area contributed by atoms with Crippen LogP contribution in [-0.2, 0) is 6.54 Å². The minimum absolute atomic E-state index is 0.553. The van der Waals surface area contributed by atoms with Gasteiger partial charge in [0.25, 0.3) is 0 Å². The van der Waals surface area contributed by atoms with Crippen molar-refractivity contribution in [3.8, 4) is 0 Å². The molecule has 1 fully saturated rings. The summed E-state index contributed by atoms with van der Waals surface area (Å²) < 4.78 is 0. The van der Waals surface area contributed by atoms with Crippen molar-refractivity contribution in [3.05, 3.63) is 35.9 Å². The van der Waals surface area contributed by atoms with Gasteiger partial charge in [-0.15, -0.1) is 0 Å². The highest BCUT2D eigenvalue weighted by molar-refractivity contribution is 5.84. The van der Waals surface area contributed by atoms with Gasteiger partial charge in [-0.05, 0) is 50.7 Å². The molecule has 0 bridgehead atoms. The summed E-state index contributed by atoms with van der Waals surface area (Å²) in [5, 5.41) is 1.17. The lowest BCUT2D eigenvalue weighted by Gasteiger charge is -2.36. The van der Waals surface area contributed by atoms with Gasteiger partial charge in [-0.1, -0.05) is 18.2 Å². The maximum Gasteiger partial charge on any atom is 0.129 e. The average Bonchev–Trinajstić information content (AvgIpc) is 2.53. The van der Waals surface area contributed by atoms with Crippen molar-refractivity contribution in [2.45, 2.75) is 25.4 Å². The SMILES string of the molecule is CN1CCC(N(C)c2cc(CN)c3ccccc3n2)CC1. The first-order valence-corrected chi connectivity index (χ1v) is 7.69. The maximum atomic E-state index is 5.93. The molecular formula is C17H24N4. The van der Waals surface area contributed by atoms with Crippen LogP contribution in [0.25, 0.3) is 10.9 Å². The quantitative estimate of drug-likeness (QED) is 0.939. The Balaban J connectivity index is 1.92. The van der Waals surface area contributed by atoms with Crippen LogP contribution in [0, 0.1) is 0 Å². The maximum absolute atomic E-state index is 5.93. The van der Waals surface area contributed by atoms with E-state index in [4.69, 9.17) is 10.7 Å². The van der Waals surface area contributed by atoms with Gasteiger partial charge in [-0.2, -0.15) is 0 Å². The first kappa shape index (κ1) is 14.3. The fraction of sp³-hybridized carbons (Fsp3) is 0.471. The summed E-state index contributed by atoms with van der Waals surface area (Å²) in [6, 6.07) is 11.0. The van der Waals surface area contributed by atoms with Crippen molar-refractivity contribution in [2.75, 3.05) is 32.1 Å². The van der Waals surface area contributed by atoms with Crippen LogP contribution in [0.5, 0.6) is 0 Å². The van der Waals surface area contributed by atoms with Crippen LogP contribution in [0.2, 0.25) is 0 Å². The van der Waals surface area contributed by atoms with Crippen LogP contribution < -0.4 is 10.6 Å². The third-order valence-electron chi connectivity index (χ3n) is 4.61. The molecule has 0 atom stereocenters. The highest BCUT2D eigenvalue weighted by Crippen LogP contribution is 2.25. The van der Waals surface area contributed by atoms with Crippen LogP contribution in [0.1, 0.15) is 18.4 Å². The van der Waals surface area contributed by atoms with Gasteiger partial charge in [0.05, 0.1) is 5.52 Å². The van der Waals surface area contributed by atoms with Crippen molar-refractivity contribution >= 4 is 16.7 Å². The number of para-hydroxylation sites is 1. The van der Waals surface area contributed by atoms with E-state index in [-0.39, 0.29) is 0 Å². The van der Waals surface area contributed by atoms with Gasteiger partial charge >= 0.3 is 0 Å². The molecule has 0 amide bonds. The monoisotopic (exact) mass is 284 g/mol. The third-order valence-corrected chi connectivity index (χ3v) is 4.61. The number of pyridine rings is 1. The Morgan fingerprint density at radius 3 is 2.71 bits per heavy atom. The summed E-state index contributed by atoms with van der Waals surface area (Å²) in [6.45, 7) is 2.87. The number of hydrogen-bond acceptors (Lipinski definition) is 4. The van der Waals surface area contributed by atoms with Crippen molar-refractivity contribution in [3.63, 3.8) is 0 Å². The Labute approximate surface area is 126 Å². The number of likely N-dealkylation sites (tertiary alicyclic amines) is 1. The van der Waals surface area contributed by atoms with E-state index in [9.17, 15) is 0 Å². The fourth-order valence-electron chi connectivity index (χ4n) is 3.15. The minimum atomic E-state index is 0.553. The summed E-state index contributed by atoms with van der Waals surface area (Å²) in [7, 11) is 4.35. The molecule has 0 saturated carbocycles. The Bertz CT molecular complexity index is 617. The molecule has 1 aliphatic heterocycles. The lowest BCUT2D eigenvalue weighted by atomic mass is 10.0. The Morgan fingerprint density at radius 2 is 2.00 bits per heavy atom. The average molecular weight is 284 g/mol. The number of piperidine rings is 1. The minimum Gasteiger partial charge on any atom is -0.357 e. The molecule has 0 spiro atoms.